The number of esters is 1. The van der Waals surface area contributed by atoms with E-state index >= 15 is 0 Å². The van der Waals surface area contributed by atoms with Crippen LogP contribution in [-0.4, -0.2) is 31.8 Å². The van der Waals surface area contributed by atoms with Gasteiger partial charge in [-0.1, -0.05) is 36.4 Å². The Labute approximate surface area is 221 Å². The molecule has 0 unspecified atom stereocenters. The van der Waals surface area contributed by atoms with Gasteiger partial charge in [-0.3, -0.25) is 18.5 Å². The van der Waals surface area contributed by atoms with E-state index in [-0.39, 0.29) is 35.2 Å². The van der Waals surface area contributed by atoms with Gasteiger partial charge in [-0.15, -0.1) is 5.11 Å². The lowest BCUT2D eigenvalue weighted by Gasteiger charge is -2.09. The van der Waals surface area contributed by atoms with Crippen LogP contribution in [0.25, 0.3) is 11.2 Å². The van der Waals surface area contributed by atoms with Crippen molar-refractivity contribution in [3.8, 4) is 11.5 Å². The van der Waals surface area contributed by atoms with Gasteiger partial charge in [0.1, 0.15) is 0 Å². The Kier molecular flexibility index (Phi) is 6.91. The SMILES string of the molecule is COc1cc(CN=Nc2nc3c(c(=O)n(C)c(=O)n3C)n2Cc2ccccc2)ccc1OC(=O)c1ccco1. The van der Waals surface area contributed by atoms with Gasteiger partial charge in [0.15, 0.2) is 22.7 Å². The largest absolute Gasteiger partial charge is 0.493 e. The minimum Gasteiger partial charge on any atom is -0.493 e. The van der Waals surface area contributed by atoms with Crippen LogP contribution in [0.2, 0.25) is 0 Å². The molecule has 5 rings (SSSR count). The first kappa shape index (κ1) is 25.4. The van der Waals surface area contributed by atoms with Crippen LogP contribution in [0.1, 0.15) is 21.7 Å². The topological polar surface area (TPSA) is 135 Å². The molecule has 0 fully saturated rings. The number of hydrogen-bond donors (Lipinski definition) is 0. The van der Waals surface area contributed by atoms with Crippen LogP contribution in [0, 0.1) is 0 Å². The van der Waals surface area contributed by atoms with Crippen LogP contribution in [-0.2, 0) is 27.2 Å². The number of carbonyl (C=O) groups excluding carboxylic acids is 1. The molecule has 0 N–H and O–H groups in total. The fourth-order valence-corrected chi connectivity index (χ4v) is 4.05. The minimum atomic E-state index is -0.649. The van der Waals surface area contributed by atoms with Crippen molar-refractivity contribution in [2.75, 3.05) is 7.11 Å². The van der Waals surface area contributed by atoms with Gasteiger partial charge < -0.3 is 13.9 Å². The van der Waals surface area contributed by atoms with E-state index in [2.05, 4.69) is 15.2 Å². The van der Waals surface area contributed by atoms with E-state index in [1.54, 1.807) is 35.9 Å². The molecule has 0 aliphatic carbocycles. The predicted octanol–water partition coefficient (Wildman–Crippen LogP) is 3.59. The van der Waals surface area contributed by atoms with Gasteiger partial charge in [0.05, 0.1) is 26.5 Å². The smallest absolute Gasteiger partial charge is 0.379 e. The van der Waals surface area contributed by atoms with E-state index in [1.807, 2.05) is 30.3 Å². The molecule has 0 aliphatic heterocycles. The summed E-state index contributed by atoms with van der Waals surface area (Å²) in [4.78, 5) is 42.2. The monoisotopic (exact) mass is 528 g/mol. The summed E-state index contributed by atoms with van der Waals surface area (Å²) < 4.78 is 19.8. The summed E-state index contributed by atoms with van der Waals surface area (Å²) in [5.74, 6) is 0.158. The first-order chi connectivity index (χ1) is 18.9. The fraction of sp³-hybridized carbons (Fsp3) is 0.185. The van der Waals surface area contributed by atoms with Gasteiger partial charge in [0, 0.05) is 14.1 Å². The normalized spacial score (nSPS) is 11.4. The summed E-state index contributed by atoms with van der Waals surface area (Å²) in [5, 5.41) is 8.60. The number of hydrogen-bond acceptors (Lipinski definition) is 9. The summed E-state index contributed by atoms with van der Waals surface area (Å²) in [6.45, 7) is 0.455. The van der Waals surface area contributed by atoms with E-state index in [0.29, 0.717) is 12.3 Å². The van der Waals surface area contributed by atoms with Crippen LogP contribution in [0.4, 0.5) is 5.95 Å². The molecular formula is C27H24N6O6. The lowest BCUT2D eigenvalue weighted by Crippen LogP contribution is -2.37. The van der Waals surface area contributed by atoms with E-state index in [0.717, 1.165) is 15.7 Å². The molecular weight excluding hydrogens is 504 g/mol. The number of azo groups is 1. The Balaban J connectivity index is 1.45. The molecule has 12 heteroatoms. The van der Waals surface area contributed by atoms with Crippen LogP contribution in [0.15, 0.2) is 91.2 Å². The van der Waals surface area contributed by atoms with Crippen molar-refractivity contribution in [1.29, 1.82) is 0 Å². The number of rotatable bonds is 8. The van der Waals surface area contributed by atoms with E-state index in [4.69, 9.17) is 13.9 Å². The first-order valence-electron chi connectivity index (χ1n) is 11.9. The van der Waals surface area contributed by atoms with Gasteiger partial charge in [-0.25, -0.2) is 9.59 Å². The standard InChI is InChI=1S/C27H24N6O6/c1-31-23-22(24(34)32(2)27(31)36)33(16-17-8-5-4-6-9-17)26(29-23)30-28-15-18-11-12-19(21(14-18)37-3)39-25(35)20-10-7-13-38-20/h4-14H,15-16H2,1-3H3. The Bertz CT molecular complexity index is 1800. The zero-order valence-electron chi connectivity index (χ0n) is 21.4. The molecule has 5 aromatic rings. The van der Waals surface area contributed by atoms with Crippen LogP contribution >= 0.6 is 0 Å². The second kappa shape index (κ2) is 10.6. The van der Waals surface area contributed by atoms with Crippen molar-refractivity contribution in [1.82, 2.24) is 18.7 Å². The summed E-state index contributed by atoms with van der Waals surface area (Å²) in [6.07, 6.45) is 1.38. The average Bonchev–Trinajstić information content (AvgIpc) is 3.61. The molecule has 198 valence electrons. The number of imidazole rings is 1. The molecule has 0 aliphatic rings. The molecule has 0 amide bonds. The maximum absolute atomic E-state index is 13.0. The van der Waals surface area contributed by atoms with Gasteiger partial charge in [0.2, 0.25) is 5.76 Å². The molecule has 39 heavy (non-hydrogen) atoms. The molecule has 0 saturated heterocycles. The third-order valence-corrected chi connectivity index (χ3v) is 6.08. The number of ether oxygens (including phenoxy) is 2. The maximum atomic E-state index is 13.0. The van der Waals surface area contributed by atoms with Crippen LogP contribution in [0.5, 0.6) is 11.5 Å². The van der Waals surface area contributed by atoms with Crippen molar-refractivity contribution in [3.63, 3.8) is 0 Å². The third kappa shape index (κ3) is 4.99. The highest BCUT2D eigenvalue weighted by Gasteiger charge is 2.20. The average molecular weight is 529 g/mol. The zero-order valence-corrected chi connectivity index (χ0v) is 21.4. The predicted molar refractivity (Wildman–Crippen MR) is 141 cm³/mol. The number of aryl methyl sites for hydroxylation is 1. The molecule has 0 saturated carbocycles. The first-order valence-corrected chi connectivity index (χ1v) is 11.9. The van der Waals surface area contributed by atoms with E-state index in [9.17, 15) is 14.4 Å². The summed E-state index contributed by atoms with van der Waals surface area (Å²) in [5.41, 5.74) is 1.16. The second-order valence-corrected chi connectivity index (χ2v) is 8.61. The molecule has 12 nitrogen and oxygen atoms in total. The lowest BCUT2D eigenvalue weighted by molar-refractivity contribution is 0.0696. The van der Waals surface area contributed by atoms with Gasteiger partial charge in [-0.05, 0) is 35.4 Å². The molecule has 3 aromatic heterocycles. The highest BCUT2D eigenvalue weighted by molar-refractivity contribution is 5.88. The molecule has 3 heterocycles. The summed E-state index contributed by atoms with van der Waals surface area (Å²) in [7, 11) is 4.44. The highest BCUT2D eigenvalue weighted by Crippen LogP contribution is 2.29. The minimum absolute atomic E-state index is 0.0700. The van der Waals surface area contributed by atoms with Crippen molar-refractivity contribution >= 4 is 23.1 Å². The van der Waals surface area contributed by atoms with Gasteiger partial charge >= 0.3 is 11.7 Å². The van der Waals surface area contributed by atoms with Crippen molar-refractivity contribution in [3.05, 3.63) is 105 Å². The summed E-state index contributed by atoms with van der Waals surface area (Å²) >= 11 is 0. The Morgan fingerprint density at radius 1 is 0.974 bits per heavy atom. The van der Waals surface area contributed by atoms with Crippen molar-refractivity contribution in [2.45, 2.75) is 13.1 Å². The Hall–Kier alpha value is -5.26. The summed E-state index contributed by atoms with van der Waals surface area (Å²) in [6, 6.07) is 17.6. The number of nitrogens with zero attached hydrogens (tertiary/aromatic N) is 6. The molecule has 2 aromatic carbocycles. The number of benzene rings is 2. The molecule has 0 spiro atoms. The fourth-order valence-electron chi connectivity index (χ4n) is 4.05. The second-order valence-electron chi connectivity index (χ2n) is 8.61. The number of carbonyl (C=O) groups is 1. The van der Waals surface area contributed by atoms with E-state index in [1.165, 1.54) is 31.1 Å². The number of aromatic nitrogens is 4. The Morgan fingerprint density at radius 3 is 2.49 bits per heavy atom. The van der Waals surface area contributed by atoms with Crippen molar-refractivity contribution < 1.29 is 18.7 Å². The number of methoxy groups -OCH3 is 1. The molecule has 0 atom stereocenters. The number of fused-ring (bicyclic) bond motifs is 1. The maximum Gasteiger partial charge on any atom is 0.379 e. The third-order valence-electron chi connectivity index (χ3n) is 6.08. The highest BCUT2D eigenvalue weighted by atomic mass is 16.6. The van der Waals surface area contributed by atoms with E-state index < -0.39 is 17.2 Å². The van der Waals surface area contributed by atoms with Crippen LogP contribution < -0.4 is 20.7 Å². The molecule has 0 radical (unpaired) electrons. The van der Waals surface area contributed by atoms with Crippen LogP contribution in [0.3, 0.4) is 0 Å². The zero-order chi connectivity index (χ0) is 27.5. The van der Waals surface area contributed by atoms with Gasteiger partial charge in [-0.2, -0.15) is 10.1 Å². The number of furan rings is 1. The lowest BCUT2D eigenvalue weighted by atomic mass is 10.2. The quantitative estimate of drug-likeness (QED) is 0.171. The molecule has 0 bridgehead atoms. The Morgan fingerprint density at radius 2 is 1.77 bits per heavy atom. The van der Waals surface area contributed by atoms with Gasteiger partial charge in [0.25, 0.3) is 11.5 Å². The van der Waals surface area contributed by atoms with Crippen molar-refractivity contribution in [2.24, 2.45) is 24.3 Å².